The molecule has 5 rings (SSSR count). The Morgan fingerprint density at radius 1 is 1.06 bits per heavy atom. The largest absolute Gasteiger partial charge is 0.356 e. The molecule has 0 saturated carbocycles. The molecule has 2 aromatic heterocycles. The van der Waals surface area contributed by atoms with Gasteiger partial charge < -0.3 is 10.2 Å². The molecule has 3 aromatic rings. The molecular formula is C25H29N5O3S. The molecule has 1 aromatic carbocycles. The first kappa shape index (κ1) is 22.7. The molecule has 0 spiro atoms. The van der Waals surface area contributed by atoms with Gasteiger partial charge >= 0.3 is 0 Å². The molecule has 1 N–H and O–H groups in total. The Morgan fingerprint density at radius 3 is 2.68 bits per heavy atom. The molecule has 2 aliphatic rings. The molecule has 0 radical (unpaired) electrons. The summed E-state index contributed by atoms with van der Waals surface area (Å²) in [5.41, 5.74) is 1.68. The zero-order valence-electron chi connectivity index (χ0n) is 19.3. The van der Waals surface area contributed by atoms with E-state index in [-0.39, 0.29) is 11.8 Å². The molecule has 34 heavy (non-hydrogen) atoms. The van der Waals surface area contributed by atoms with Gasteiger partial charge in [0.15, 0.2) is 0 Å². The maximum Gasteiger partial charge on any atom is 0.243 e. The summed E-state index contributed by atoms with van der Waals surface area (Å²) >= 11 is 0. The number of aryl methyl sites for hydroxylation is 1. The van der Waals surface area contributed by atoms with E-state index in [0.717, 1.165) is 54.5 Å². The Labute approximate surface area is 200 Å². The van der Waals surface area contributed by atoms with E-state index in [1.54, 1.807) is 28.7 Å². The molecular weight excluding hydrogens is 450 g/mol. The zero-order chi connectivity index (χ0) is 23.7. The highest BCUT2D eigenvalue weighted by atomic mass is 32.2. The third-order valence-corrected chi connectivity index (χ3v) is 8.61. The highest BCUT2D eigenvalue weighted by molar-refractivity contribution is 7.89. The number of nitrogens with one attached hydrogen (secondary N) is 1. The maximum atomic E-state index is 12.9. The molecule has 0 aliphatic carbocycles. The molecule has 1 amide bonds. The van der Waals surface area contributed by atoms with Gasteiger partial charge in [0.25, 0.3) is 0 Å². The van der Waals surface area contributed by atoms with Crippen molar-refractivity contribution in [3.05, 3.63) is 54.2 Å². The van der Waals surface area contributed by atoms with Gasteiger partial charge in [-0.1, -0.05) is 6.07 Å². The van der Waals surface area contributed by atoms with Crippen molar-refractivity contribution in [2.45, 2.75) is 37.5 Å². The van der Waals surface area contributed by atoms with Gasteiger partial charge in [-0.2, -0.15) is 4.31 Å². The second kappa shape index (κ2) is 9.31. The number of rotatable bonds is 5. The van der Waals surface area contributed by atoms with Crippen LogP contribution in [0.15, 0.2) is 53.6 Å². The highest BCUT2D eigenvalue weighted by Gasteiger charge is 2.29. The van der Waals surface area contributed by atoms with Crippen LogP contribution in [0.5, 0.6) is 0 Å². The normalized spacial score (nSPS) is 19.4. The fourth-order valence-electron chi connectivity index (χ4n) is 4.74. The quantitative estimate of drug-likeness (QED) is 0.601. The van der Waals surface area contributed by atoms with Crippen LogP contribution in [0.2, 0.25) is 0 Å². The zero-order valence-corrected chi connectivity index (χ0v) is 20.1. The highest BCUT2D eigenvalue weighted by Crippen LogP contribution is 2.28. The van der Waals surface area contributed by atoms with E-state index in [1.807, 2.05) is 31.2 Å². The van der Waals surface area contributed by atoms with Crippen molar-refractivity contribution in [1.82, 2.24) is 14.3 Å². The second-order valence-corrected chi connectivity index (χ2v) is 11.0. The van der Waals surface area contributed by atoms with Crippen LogP contribution >= 0.6 is 0 Å². The van der Waals surface area contributed by atoms with Gasteiger partial charge in [0.05, 0.1) is 16.3 Å². The van der Waals surface area contributed by atoms with E-state index in [1.165, 1.54) is 0 Å². The van der Waals surface area contributed by atoms with Crippen LogP contribution in [-0.2, 0) is 14.8 Å². The lowest BCUT2D eigenvalue weighted by Gasteiger charge is -2.33. The number of piperidine rings is 1. The molecule has 8 nitrogen and oxygen atoms in total. The van der Waals surface area contributed by atoms with Gasteiger partial charge in [0, 0.05) is 37.8 Å². The summed E-state index contributed by atoms with van der Waals surface area (Å²) in [6.45, 7) is 4.50. The fraction of sp³-hybridized carbons (Fsp3) is 0.400. The van der Waals surface area contributed by atoms with Crippen molar-refractivity contribution in [3.8, 4) is 0 Å². The van der Waals surface area contributed by atoms with Crippen molar-refractivity contribution in [1.29, 1.82) is 0 Å². The van der Waals surface area contributed by atoms with E-state index < -0.39 is 10.0 Å². The lowest BCUT2D eigenvalue weighted by atomic mass is 9.97. The number of amides is 1. The number of aromatic nitrogens is 2. The average Bonchev–Trinajstić information content (AvgIpc) is 3.41. The van der Waals surface area contributed by atoms with Gasteiger partial charge in [-0.05, 0) is 74.6 Å². The SMILES string of the molecule is Cc1cccnc1NC(=O)C1CCCN(c2ccc3cc(S(=O)(=O)N4CCCC4)ccc3n2)C1. The Kier molecular flexibility index (Phi) is 6.22. The first-order valence-electron chi connectivity index (χ1n) is 11.8. The number of carbonyl (C=O) groups is 1. The minimum atomic E-state index is -3.46. The van der Waals surface area contributed by atoms with Gasteiger partial charge in [0.2, 0.25) is 15.9 Å². The predicted molar refractivity (Wildman–Crippen MR) is 132 cm³/mol. The number of hydrogen-bond donors (Lipinski definition) is 1. The van der Waals surface area contributed by atoms with Crippen molar-refractivity contribution >= 4 is 38.5 Å². The summed E-state index contributed by atoms with van der Waals surface area (Å²) in [5.74, 6) is 1.23. The molecule has 1 unspecified atom stereocenters. The first-order chi connectivity index (χ1) is 16.4. The van der Waals surface area contributed by atoms with Crippen LogP contribution in [0, 0.1) is 12.8 Å². The second-order valence-electron chi connectivity index (χ2n) is 9.08. The van der Waals surface area contributed by atoms with Crippen LogP contribution in [-0.4, -0.2) is 54.8 Å². The minimum Gasteiger partial charge on any atom is -0.356 e. The minimum absolute atomic E-state index is 0.0240. The van der Waals surface area contributed by atoms with Crippen molar-refractivity contribution in [2.75, 3.05) is 36.4 Å². The summed E-state index contributed by atoms with van der Waals surface area (Å²) in [6, 6.07) is 12.7. The first-order valence-corrected chi connectivity index (χ1v) is 13.2. The van der Waals surface area contributed by atoms with Crippen LogP contribution in [0.1, 0.15) is 31.2 Å². The number of fused-ring (bicyclic) bond motifs is 1. The summed E-state index contributed by atoms with van der Waals surface area (Å²) in [7, 11) is -3.46. The Morgan fingerprint density at radius 2 is 1.88 bits per heavy atom. The smallest absolute Gasteiger partial charge is 0.243 e. The van der Waals surface area contributed by atoms with Crippen LogP contribution in [0.3, 0.4) is 0 Å². The van der Waals surface area contributed by atoms with Crippen LogP contribution in [0.4, 0.5) is 11.6 Å². The number of nitrogens with zero attached hydrogens (tertiary/aromatic N) is 4. The third-order valence-electron chi connectivity index (χ3n) is 6.72. The number of carbonyl (C=O) groups excluding carboxylic acids is 1. The number of sulfonamides is 1. The predicted octanol–water partition coefficient (Wildman–Crippen LogP) is 3.58. The Balaban J connectivity index is 1.32. The molecule has 2 fully saturated rings. The molecule has 0 bridgehead atoms. The monoisotopic (exact) mass is 479 g/mol. The summed E-state index contributed by atoms with van der Waals surface area (Å²) in [5, 5.41) is 3.76. The topological polar surface area (TPSA) is 95.5 Å². The molecule has 9 heteroatoms. The lowest BCUT2D eigenvalue weighted by Crippen LogP contribution is -2.41. The summed E-state index contributed by atoms with van der Waals surface area (Å²) < 4.78 is 27.4. The fourth-order valence-corrected chi connectivity index (χ4v) is 6.29. The van der Waals surface area contributed by atoms with Crippen molar-refractivity contribution < 1.29 is 13.2 Å². The average molecular weight is 480 g/mol. The molecule has 4 heterocycles. The van der Waals surface area contributed by atoms with Crippen molar-refractivity contribution in [2.24, 2.45) is 5.92 Å². The molecule has 178 valence electrons. The van der Waals surface area contributed by atoms with E-state index in [4.69, 9.17) is 4.98 Å². The standard InChI is InChI=1S/C25H29N5O3S/c1-18-6-4-12-26-24(18)28-25(31)20-7-5-13-29(17-20)23-11-8-19-16-21(9-10-22(19)27-23)34(32,33)30-14-2-3-15-30/h4,6,8-12,16,20H,2-3,5,7,13-15,17H2,1H3,(H,26,28,31). The Hall–Kier alpha value is -3.04. The van der Waals surface area contributed by atoms with Gasteiger partial charge in [-0.15, -0.1) is 0 Å². The molecule has 2 aliphatic heterocycles. The lowest BCUT2D eigenvalue weighted by molar-refractivity contribution is -0.120. The van der Waals surface area contributed by atoms with Crippen molar-refractivity contribution in [3.63, 3.8) is 0 Å². The van der Waals surface area contributed by atoms with Crippen LogP contribution in [0.25, 0.3) is 10.9 Å². The van der Waals surface area contributed by atoms with E-state index >= 15 is 0 Å². The van der Waals surface area contributed by atoms with Crippen LogP contribution < -0.4 is 10.2 Å². The van der Waals surface area contributed by atoms with Gasteiger partial charge in [-0.3, -0.25) is 4.79 Å². The number of anilines is 2. The number of benzene rings is 1. The van der Waals surface area contributed by atoms with E-state index in [9.17, 15) is 13.2 Å². The molecule has 2 saturated heterocycles. The number of pyridine rings is 2. The van der Waals surface area contributed by atoms with Gasteiger partial charge in [0.1, 0.15) is 11.6 Å². The van der Waals surface area contributed by atoms with E-state index in [0.29, 0.717) is 30.3 Å². The Bertz CT molecular complexity index is 1320. The summed E-state index contributed by atoms with van der Waals surface area (Å²) in [6.07, 6.45) is 5.21. The molecule has 1 atom stereocenters. The van der Waals surface area contributed by atoms with E-state index in [2.05, 4.69) is 15.2 Å². The van der Waals surface area contributed by atoms with Gasteiger partial charge in [-0.25, -0.2) is 18.4 Å². The summed E-state index contributed by atoms with van der Waals surface area (Å²) in [4.78, 5) is 24.4. The maximum absolute atomic E-state index is 12.9. The number of hydrogen-bond acceptors (Lipinski definition) is 6. The third kappa shape index (κ3) is 4.50.